The zero-order valence-corrected chi connectivity index (χ0v) is 20.3. The van der Waals surface area contributed by atoms with Crippen LogP contribution in [-0.4, -0.2) is 33.1 Å². The number of rotatable bonds is 6. The number of nitrogens with one attached hydrogen (secondary N) is 1. The topological polar surface area (TPSA) is 104 Å². The van der Waals surface area contributed by atoms with E-state index in [1.165, 1.54) is 0 Å². The van der Waals surface area contributed by atoms with Gasteiger partial charge in [-0.1, -0.05) is 17.7 Å². The molecule has 0 unspecified atom stereocenters. The van der Waals surface area contributed by atoms with Crippen molar-refractivity contribution in [2.24, 2.45) is 18.4 Å². The number of hydrogen-bond acceptors (Lipinski definition) is 5. The van der Waals surface area contributed by atoms with Gasteiger partial charge in [-0.05, 0) is 61.4 Å². The lowest BCUT2D eigenvalue weighted by molar-refractivity contribution is -0.123. The standard InChI is InChI=1S/C26H25ClN6O2/c1-16-7-22(33-6-5-26(15-28,25(33)35)20-3-4-20)12-23(30-16)31-24(34)10-17-8-18(11-21(27)9-17)19-13-29-32(2)14-19/h7-9,11-14,20H,3-6,10H2,1-2H3,(H,30,31,34)/t26-/m1/s1. The van der Waals surface area contributed by atoms with Gasteiger partial charge in [0, 0.05) is 47.8 Å². The Bertz CT molecular complexity index is 1370. The summed E-state index contributed by atoms with van der Waals surface area (Å²) >= 11 is 6.31. The van der Waals surface area contributed by atoms with Crippen LogP contribution in [0.15, 0.2) is 42.7 Å². The lowest BCUT2D eigenvalue weighted by atomic mass is 9.83. The number of nitrogens with zero attached hydrogens (tertiary/aromatic N) is 5. The molecule has 1 aliphatic heterocycles. The fraction of sp³-hybridized carbons (Fsp3) is 0.346. The number of nitriles is 1. The van der Waals surface area contributed by atoms with Crippen molar-refractivity contribution in [2.75, 3.05) is 16.8 Å². The molecule has 1 saturated carbocycles. The van der Waals surface area contributed by atoms with Crippen molar-refractivity contribution < 1.29 is 9.59 Å². The number of aromatic nitrogens is 3. The fourth-order valence-corrected chi connectivity index (χ4v) is 5.12. The molecule has 1 aromatic carbocycles. The Kier molecular flexibility index (Phi) is 5.81. The van der Waals surface area contributed by atoms with Crippen LogP contribution in [0, 0.1) is 29.6 Å². The Balaban J connectivity index is 1.33. The highest BCUT2D eigenvalue weighted by molar-refractivity contribution is 6.31. The van der Waals surface area contributed by atoms with Gasteiger partial charge >= 0.3 is 0 Å². The first-order valence-electron chi connectivity index (χ1n) is 11.6. The van der Waals surface area contributed by atoms with Crippen LogP contribution in [0.5, 0.6) is 0 Å². The molecule has 0 spiro atoms. The minimum atomic E-state index is -0.918. The molecule has 9 heteroatoms. The maximum absolute atomic E-state index is 13.2. The molecule has 5 rings (SSSR count). The summed E-state index contributed by atoms with van der Waals surface area (Å²) in [6.45, 7) is 2.30. The molecule has 35 heavy (non-hydrogen) atoms. The first-order chi connectivity index (χ1) is 16.8. The predicted molar refractivity (Wildman–Crippen MR) is 133 cm³/mol. The third-order valence-electron chi connectivity index (χ3n) is 6.71. The van der Waals surface area contributed by atoms with Crippen molar-refractivity contribution in [3.05, 3.63) is 59.0 Å². The minimum Gasteiger partial charge on any atom is -0.311 e. The number of anilines is 2. The average Bonchev–Trinajstić information content (AvgIpc) is 3.47. The van der Waals surface area contributed by atoms with Crippen LogP contribution in [0.4, 0.5) is 11.5 Å². The predicted octanol–water partition coefficient (Wildman–Crippen LogP) is 4.28. The first-order valence-corrected chi connectivity index (χ1v) is 12.0. The normalized spacial score (nSPS) is 19.6. The number of amides is 2. The summed E-state index contributed by atoms with van der Waals surface area (Å²) in [6.07, 6.45) is 6.13. The summed E-state index contributed by atoms with van der Waals surface area (Å²) in [7, 11) is 1.84. The maximum atomic E-state index is 13.2. The van der Waals surface area contributed by atoms with Crippen LogP contribution >= 0.6 is 11.6 Å². The van der Waals surface area contributed by atoms with Crippen molar-refractivity contribution in [3.8, 4) is 17.2 Å². The number of carbonyl (C=O) groups is 2. The molecule has 3 heterocycles. The first kappa shape index (κ1) is 23.1. The number of pyridine rings is 1. The van der Waals surface area contributed by atoms with Gasteiger partial charge in [0.2, 0.25) is 11.8 Å². The summed E-state index contributed by atoms with van der Waals surface area (Å²) in [5.41, 5.74) is 2.97. The summed E-state index contributed by atoms with van der Waals surface area (Å²) in [5.74, 6) is 0.132. The van der Waals surface area contributed by atoms with Crippen molar-refractivity contribution >= 4 is 34.9 Å². The third-order valence-corrected chi connectivity index (χ3v) is 6.93. The van der Waals surface area contributed by atoms with Gasteiger partial charge in [-0.25, -0.2) is 4.98 Å². The largest absolute Gasteiger partial charge is 0.311 e. The van der Waals surface area contributed by atoms with Crippen LogP contribution < -0.4 is 10.2 Å². The molecule has 2 fully saturated rings. The molecule has 0 bridgehead atoms. The molecule has 1 N–H and O–H groups in total. The highest BCUT2D eigenvalue weighted by Crippen LogP contribution is 2.52. The molecule has 1 atom stereocenters. The van der Waals surface area contributed by atoms with Gasteiger partial charge in [0.1, 0.15) is 11.2 Å². The van der Waals surface area contributed by atoms with Gasteiger partial charge in [-0.2, -0.15) is 10.4 Å². The smallest absolute Gasteiger partial charge is 0.247 e. The number of aryl methyl sites for hydroxylation is 2. The lowest BCUT2D eigenvalue weighted by Gasteiger charge is -2.21. The molecule has 1 saturated heterocycles. The van der Waals surface area contributed by atoms with E-state index in [1.807, 2.05) is 38.4 Å². The van der Waals surface area contributed by atoms with Gasteiger partial charge in [0.25, 0.3) is 0 Å². The quantitative estimate of drug-likeness (QED) is 0.557. The van der Waals surface area contributed by atoms with E-state index in [9.17, 15) is 14.9 Å². The van der Waals surface area contributed by atoms with Gasteiger partial charge in [-0.3, -0.25) is 14.3 Å². The Morgan fingerprint density at radius 3 is 2.74 bits per heavy atom. The highest BCUT2D eigenvalue weighted by Gasteiger charge is 2.56. The zero-order valence-electron chi connectivity index (χ0n) is 19.6. The molecular weight excluding hydrogens is 464 g/mol. The monoisotopic (exact) mass is 488 g/mol. The number of halogens is 1. The molecule has 178 valence electrons. The zero-order chi connectivity index (χ0) is 24.7. The lowest BCUT2D eigenvalue weighted by Crippen LogP contribution is -2.35. The third kappa shape index (κ3) is 4.52. The van der Waals surface area contributed by atoms with E-state index >= 15 is 0 Å². The fourth-order valence-electron chi connectivity index (χ4n) is 4.87. The Morgan fingerprint density at radius 1 is 1.26 bits per heavy atom. The van der Waals surface area contributed by atoms with Crippen LogP contribution in [0.2, 0.25) is 5.02 Å². The second-order valence-electron chi connectivity index (χ2n) is 9.39. The van der Waals surface area contributed by atoms with E-state index in [4.69, 9.17) is 11.6 Å². The van der Waals surface area contributed by atoms with E-state index in [2.05, 4.69) is 21.5 Å². The van der Waals surface area contributed by atoms with Gasteiger partial charge in [-0.15, -0.1) is 0 Å². The molecular formula is C26H25ClN6O2. The minimum absolute atomic E-state index is 0.112. The van der Waals surface area contributed by atoms with E-state index in [1.54, 1.807) is 27.9 Å². The van der Waals surface area contributed by atoms with Crippen LogP contribution in [0.1, 0.15) is 30.5 Å². The molecule has 1 aliphatic carbocycles. The molecule has 2 amide bonds. The van der Waals surface area contributed by atoms with E-state index in [0.29, 0.717) is 35.2 Å². The Morgan fingerprint density at radius 2 is 2.06 bits per heavy atom. The maximum Gasteiger partial charge on any atom is 0.247 e. The van der Waals surface area contributed by atoms with E-state index in [0.717, 1.165) is 29.5 Å². The van der Waals surface area contributed by atoms with E-state index < -0.39 is 5.41 Å². The van der Waals surface area contributed by atoms with E-state index in [-0.39, 0.29) is 24.2 Å². The van der Waals surface area contributed by atoms with Crippen LogP contribution in [0.3, 0.4) is 0 Å². The molecule has 8 nitrogen and oxygen atoms in total. The molecule has 3 aromatic rings. The molecule has 2 aromatic heterocycles. The number of hydrogen-bond donors (Lipinski definition) is 1. The Hall–Kier alpha value is -3.70. The summed E-state index contributed by atoms with van der Waals surface area (Å²) in [4.78, 5) is 32.1. The van der Waals surface area contributed by atoms with Crippen molar-refractivity contribution in [1.29, 1.82) is 5.26 Å². The summed E-state index contributed by atoms with van der Waals surface area (Å²) in [6, 6.07) is 11.3. The van der Waals surface area contributed by atoms with Gasteiger partial charge < -0.3 is 10.2 Å². The van der Waals surface area contributed by atoms with Gasteiger partial charge in [0.15, 0.2) is 0 Å². The van der Waals surface area contributed by atoms with Crippen molar-refractivity contribution in [1.82, 2.24) is 14.8 Å². The van der Waals surface area contributed by atoms with Crippen molar-refractivity contribution in [2.45, 2.75) is 32.6 Å². The molecule has 2 aliphatic rings. The highest BCUT2D eigenvalue weighted by atomic mass is 35.5. The average molecular weight is 489 g/mol. The van der Waals surface area contributed by atoms with Crippen LogP contribution in [-0.2, 0) is 23.1 Å². The van der Waals surface area contributed by atoms with Gasteiger partial charge in [0.05, 0.1) is 18.7 Å². The second-order valence-corrected chi connectivity index (χ2v) is 9.83. The number of carbonyl (C=O) groups excluding carboxylic acids is 2. The Labute approximate surface area is 208 Å². The summed E-state index contributed by atoms with van der Waals surface area (Å²) in [5, 5.41) is 17.3. The number of benzene rings is 1. The second kappa shape index (κ2) is 8.82. The SMILES string of the molecule is Cc1cc(N2CC[C@@](C#N)(C3CC3)C2=O)cc(NC(=O)Cc2cc(Cl)cc(-c3cnn(C)c3)c2)n1. The van der Waals surface area contributed by atoms with Crippen molar-refractivity contribution in [3.63, 3.8) is 0 Å². The molecule has 0 radical (unpaired) electrons. The summed E-state index contributed by atoms with van der Waals surface area (Å²) < 4.78 is 1.71. The van der Waals surface area contributed by atoms with Crippen LogP contribution in [0.25, 0.3) is 11.1 Å².